The maximum absolute atomic E-state index is 12.2. The molecule has 1 aromatic rings. The van der Waals surface area contributed by atoms with Crippen LogP contribution in [0.4, 0.5) is 0 Å². The van der Waals surface area contributed by atoms with Crippen molar-refractivity contribution in [1.29, 1.82) is 0 Å². The molecule has 7 nitrogen and oxygen atoms in total. The van der Waals surface area contributed by atoms with E-state index in [0.717, 1.165) is 16.2 Å². The van der Waals surface area contributed by atoms with Crippen LogP contribution in [0.5, 0.6) is 0 Å². The summed E-state index contributed by atoms with van der Waals surface area (Å²) in [7, 11) is -3.70. The van der Waals surface area contributed by atoms with Crippen molar-refractivity contribution in [3.63, 3.8) is 0 Å². The molecule has 0 bridgehead atoms. The molecule has 2 rings (SSSR count). The van der Waals surface area contributed by atoms with Gasteiger partial charge in [0.1, 0.15) is 4.21 Å². The van der Waals surface area contributed by atoms with Crippen LogP contribution in [0.2, 0.25) is 0 Å². The van der Waals surface area contributed by atoms with Gasteiger partial charge in [0, 0.05) is 24.5 Å². The lowest BCUT2D eigenvalue weighted by molar-refractivity contribution is -0.136. The molecule has 1 unspecified atom stereocenters. The van der Waals surface area contributed by atoms with E-state index in [1.807, 2.05) is 0 Å². The number of amides is 1. The Morgan fingerprint density at radius 2 is 2.14 bits per heavy atom. The largest absolute Gasteiger partial charge is 0.378 e. The van der Waals surface area contributed by atoms with E-state index in [0.29, 0.717) is 32.8 Å². The van der Waals surface area contributed by atoms with Crippen LogP contribution in [0.1, 0.15) is 11.8 Å². The summed E-state index contributed by atoms with van der Waals surface area (Å²) in [6, 6.07) is 2.37. The van der Waals surface area contributed by atoms with Crippen LogP contribution in [0, 0.1) is 0 Å². The number of hydrogen-bond acceptors (Lipinski definition) is 6. The smallest absolute Gasteiger partial charge is 0.250 e. The third-order valence-corrected chi connectivity index (χ3v) is 6.27. The van der Waals surface area contributed by atoms with Gasteiger partial charge in [0.25, 0.3) is 10.0 Å². The monoisotopic (exact) mass is 333 g/mol. The first-order valence-corrected chi connectivity index (χ1v) is 8.91. The summed E-state index contributed by atoms with van der Waals surface area (Å²) in [6.07, 6.45) is 0. The van der Waals surface area contributed by atoms with Gasteiger partial charge in [0.2, 0.25) is 5.91 Å². The fourth-order valence-electron chi connectivity index (χ4n) is 2.01. The normalized spacial score (nSPS) is 17.7. The molecule has 118 valence electrons. The molecule has 0 aliphatic carbocycles. The quantitative estimate of drug-likeness (QED) is 0.772. The number of morpholine rings is 1. The van der Waals surface area contributed by atoms with Crippen LogP contribution < -0.4 is 10.5 Å². The van der Waals surface area contributed by atoms with Crippen molar-refractivity contribution < 1.29 is 17.9 Å². The van der Waals surface area contributed by atoms with E-state index in [-0.39, 0.29) is 10.1 Å². The van der Waals surface area contributed by atoms with Gasteiger partial charge in [-0.2, -0.15) is 4.72 Å². The molecule has 1 amide bonds. The Labute approximate surface area is 128 Å². The second-order valence-electron chi connectivity index (χ2n) is 4.71. The Hall–Kier alpha value is -1.00. The van der Waals surface area contributed by atoms with Gasteiger partial charge >= 0.3 is 0 Å². The topological polar surface area (TPSA) is 102 Å². The van der Waals surface area contributed by atoms with E-state index in [9.17, 15) is 13.2 Å². The molecule has 1 aliphatic heterocycles. The lowest BCUT2D eigenvalue weighted by Gasteiger charge is -2.29. The molecule has 0 radical (unpaired) electrons. The first-order valence-electron chi connectivity index (χ1n) is 6.61. The van der Waals surface area contributed by atoms with Crippen molar-refractivity contribution in [2.45, 2.75) is 23.7 Å². The number of rotatable bonds is 5. The van der Waals surface area contributed by atoms with E-state index in [2.05, 4.69) is 4.72 Å². The summed E-state index contributed by atoms with van der Waals surface area (Å²) >= 11 is 1.11. The fourth-order valence-corrected chi connectivity index (χ4v) is 4.46. The van der Waals surface area contributed by atoms with Gasteiger partial charge in [-0.05, 0) is 19.1 Å². The standard InChI is InChI=1S/C12H19N3O4S2/c1-9(12(16)15-4-6-19-7-5-15)14-21(17,18)11-3-2-10(8-13)20-11/h2-3,9,14H,4-8,13H2,1H3. The first kappa shape index (κ1) is 16.4. The average Bonchev–Trinajstić information content (AvgIpc) is 2.96. The SMILES string of the molecule is CC(NS(=O)(=O)c1ccc(CN)s1)C(=O)N1CCOCC1. The molecule has 3 N–H and O–H groups in total. The van der Waals surface area contributed by atoms with E-state index in [1.54, 1.807) is 17.9 Å². The summed E-state index contributed by atoms with van der Waals surface area (Å²) in [4.78, 5) is 14.6. The third kappa shape index (κ3) is 4.01. The minimum Gasteiger partial charge on any atom is -0.378 e. The number of ether oxygens (including phenoxy) is 1. The van der Waals surface area contributed by atoms with Gasteiger partial charge in [0.15, 0.2) is 0 Å². The van der Waals surface area contributed by atoms with E-state index in [1.165, 1.54) is 6.07 Å². The second kappa shape index (κ2) is 6.84. The predicted molar refractivity (Wildman–Crippen MR) is 79.4 cm³/mol. The first-order chi connectivity index (χ1) is 9.94. The molecular formula is C12H19N3O4S2. The lowest BCUT2D eigenvalue weighted by Crippen LogP contribution is -2.50. The molecule has 0 saturated carbocycles. The molecule has 0 spiro atoms. The maximum atomic E-state index is 12.2. The van der Waals surface area contributed by atoms with Crippen molar-refractivity contribution in [3.05, 3.63) is 17.0 Å². The van der Waals surface area contributed by atoms with Crippen molar-refractivity contribution in [3.8, 4) is 0 Å². The van der Waals surface area contributed by atoms with Crippen molar-refractivity contribution in [1.82, 2.24) is 9.62 Å². The molecule has 1 atom stereocenters. The molecule has 9 heteroatoms. The van der Waals surface area contributed by atoms with Crippen LogP contribution >= 0.6 is 11.3 Å². The molecular weight excluding hydrogens is 314 g/mol. The number of nitrogens with one attached hydrogen (secondary N) is 1. The van der Waals surface area contributed by atoms with Gasteiger partial charge in [-0.15, -0.1) is 11.3 Å². The Morgan fingerprint density at radius 3 is 2.71 bits per heavy atom. The Bertz CT molecular complexity index is 593. The maximum Gasteiger partial charge on any atom is 0.250 e. The minimum absolute atomic E-state index is 0.171. The fraction of sp³-hybridized carbons (Fsp3) is 0.583. The summed E-state index contributed by atoms with van der Waals surface area (Å²) in [5.74, 6) is -0.238. The highest BCUT2D eigenvalue weighted by molar-refractivity contribution is 7.91. The van der Waals surface area contributed by atoms with Gasteiger partial charge in [-0.3, -0.25) is 4.79 Å². The van der Waals surface area contributed by atoms with Crippen LogP contribution in [-0.2, 0) is 26.1 Å². The Morgan fingerprint density at radius 1 is 1.48 bits per heavy atom. The van der Waals surface area contributed by atoms with Crippen LogP contribution in [0.15, 0.2) is 16.3 Å². The summed E-state index contributed by atoms with van der Waals surface area (Å²) in [6.45, 7) is 3.78. The number of thiophene rings is 1. The van der Waals surface area contributed by atoms with Gasteiger partial charge in [0.05, 0.1) is 19.3 Å². The molecule has 2 heterocycles. The van der Waals surface area contributed by atoms with Gasteiger partial charge in [-0.25, -0.2) is 8.42 Å². The van der Waals surface area contributed by atoms with Crippen molar-refractivity contribution in [2.24, 2.45) is 5.73 Å². The summed E-state index contributed by atoms with van der Waals surface area (Å²) < 4.78 is 32.2. The molecule has 1 saturated heterocycles. The predicted octanol–water partition coefficient (Wildman–Crippen LogP) is -0.268. The number of nitrogens with zero attached hydrogens (tertiary/aromatic N) is 1. The Kier molecular flexibility index (Phi) is 5.33. The number of nitrogens with two attached hydrogens (primary N) is 1. The highest BCUT2D eigenvalue weighted by atomic mass is 32.2. The van der Waals surface area contributed by atoms with E-state index >= 15 is 0 Å². The van der Waals surface area contributed by atoms with Crippen LogP contribution in [0.3, 0.4) is 0 Å². The zero-order valence-electron chi connectivity index (χ0n) is 11.7. The number of carbonyl (C=O) groups is 1. The average molecular weight is 333 g/mol. The zero-order chi connectivity index (χ0) is 15.5. The number of carbonyl (C=O) groups excluding carboxylic acids is 1. The zero-order valence-corrected chi connectivity index (χ0v) is 13.4. The highest BCUT2D eigenvalue weighted by Crippen LogP contribution is 2.21. The van der Waals surface area contributed by atoms with E-state index in [4.69, 9.17) is 10.5 Å². The van der Waals surface area contributed by atoms with Crippen molar-refractivity contribution in [2.75, 3.05) is 26.3 Å². The van der Waals surface area contributed by atoms with Crippen LogP contribution in [-0.4, -0.2) is 51.6 Å². The van der Waals surface area contributed by atoms with Crippen molar-refractivity contribution >= 4 is 27.3 Å². The second-order valence-corrected chi connectivity index (χ2v) is 7.81. The number of sulfonamides is 1. The third-order valence-electron chi connectivity index (χ3n) is 3.13. The molecule has 0 aromatic carbocycles. The number of hydrogen-bond donors (Lipinski definition) is 2. The van der Waals surface area contributed by atoms with E-state index < -0.39 is 16.1 Å². The Balaban J connectivity index is 2.03. The highest BCUT2D eigenvalue weighted by Gasteiger charge is 2.27. The van der Waals surface area contributed by atoms with Crippen LogP contribution in [0.25, 0.3) is 0 Å². The molecule has 1 aromatic heterocycles. The van der Waals surface area contributed by atoms with Gasteiger partial charge < -0.3 is 15.4 Å². The summed E-state index contributed by atoms with van der Waals surface area (Å²) in [5, 5.41) is 0. The molecule has 1 aliphatic rings. The molecule has 1 fully saturated rings. The van der Waals surface area contributed by atoms with Gasteiger partial charge in [-0.1, -0.05) is 0 Å². The minimum atomic E-state index is -3.70. The lowest BCUT2D eigenvalue weighted by atomic mass is 10.3. The summed E-state index contributed by atoms with van der Waals surface area (Å²) in [5.41, 5.74) is 5.48. The molecule has 21 heavy (non-hydrogen) atoms.